The zero-order valence-electron chi connectivity index (χ0n) is 12.4. The van der Waals surface area contributed by atoms with Crippen molar-refractivity contribution >= 4 is 5.91 Å². The molecular formula is C14H28N2O3. The van der Waals surface area contributed by atoms with Gasteiger partial charge in [-0.25, -0.2) is 0 Å². The first-order chi connectivity index (χ1) is 9.08. The van der Waals surface area contributed by atoms with E-state index in [2.05, 4.69) is 19.2 Å². The molecule has 0 aliphatic carbocycles. The van der Waals surface area contributed by atoms with Crippen LogP contribution in [-0.2, 0) is 14.3 Å². The Bertz CT molecular complexity index is 271. The zero-order chi connectivity index (χ0) is 14.3. The molecule has 1 aliphatic heterocycles. The molecule has 3 N–H and O–H groups in total. The summed E-state index contributed by atoms with van der Waals surface area (Å²) >= 11 is 0. The second-order valence-corrected chi connectivity index (χ2v) is 5.38. The molecule has 1 rings (SSSR count). The van der Waals surface area contributed by atoms with Crippen LogP contribution in [0.15, 0.2) is 0 Å². The van der Waals surface area contributed by atoms with E-state index in [-0.39, 0.29) is 24.2 Å². The number of ether oxygens (including phenoxy) is 2. The highest BCUT2D eigenvalue weighted by atomic mass is 16.5. The molecule has 0 radical (unpaired) electrons. The van der Waals surface area contributed by atoms with Crippen LogP contribution in [0, 0.1) is 5.92 Å². The molecule has 112 valence electrons. The first-order valence-corrected chi connectivity index (χ1v) is 7.33. The normalized spacial score (nSPS) is 24.7. The van der Waals surface area contributed by atoms with Gasteiger partial charge >= 0.3 is 0 Å². The monoisotopic (exact) mass is 272 g/mol. The van der Waals surface area contributed by atoms with E-state index in [1.165, 1.54) is 0 Å². The molecular weight excluding hydrogens is 244 g/mol. The van der Waals surface area contributed by atoms with E-state index < -0.39 is 0 Å². The summed E-state index contributed by atoms with van der Waals surface area (Å²) in [5.41, 5.74) is 5.53. The third kappa shape index (κ3) is 5.47. The predicted octanol–water partition coefficient (Wildman–Crippen LogP) is 1.06. The number of carbonyl (C=O) groups excluding carboxylic acids is 1. The standard InChI is InChI=1S/C14H28N2O3/c1-4-18-12(10(2)3)7-8-16-14(17)13-6-5-11(9-15)19-13/h10-13H,4-9,15H2,1-3H3,(H,16,17)/t11-,12?,13+/m1/s1. The summed E-state index contributed by atoms with van der Waals surface area (Å²) in [5.74, 6) is 0.441. The van der Waals surface area contributed by atoms with Crippen LogP contribution in [0.3, 0.4) is 0 Å². The average Bonchev–Trinajstić information content (AvgIpc) is 2.86. The molecule has 1 saturated heterocycles. The van der Waals surface area contributed by atoms with Gasteiger partial charge in [-0.3, -0.25) is 4.79 Å². The molecule has 1 fully saturated rings. The summed E-state index contributed by atoms with van der Waals surface area (Å²) in [6.07, 6.45) is 2.41. The second-order valence-electron chi connectivity index (χ2n) is 5.38. The fourth-order valence-electron chi connectivity index (χ4n) is 2.35. The Morgan fingerprint density at radius 1 is 1.47 bits per heavy atom. The van der Waals surface area contributed by atoms with E-state index in [1.54, 1.807) is 0 Å². The minimum atomic E-state index is -0.321. The number of rotatable bonds is 8. The summed E-state index contributed by atoms with van der Waals surface area (Å²) in [5, 5.41) is 2.93. The van der Waals surface area contributed by atoms with Gasteiger partial charge in [-0.05, 0) is 32.1 Å². The summed E-state index contributed by atoms with van der Waals surface area (Å²) in [6.45, 7) is 8.09. The van der Waals surface area contributed by atoms with Crippen LogP contribution in [0.1, 0.15) is 40.0 Å². The maximum Gasteiger partial charge on any atom is 0.249 e. The fourth-order valence-corrected chi connectivity index (χ4v) is 2.35. The molecule has 0 bridgehead atoms. The maximum atomic E-state index is 11.9. The Kier molecular flexibility index (Phi) is 7.34. The quantitative estimate of drug-likeness (QED) is 0.693. The lowest BCUT2D eigenvalue weighted by Gasteiger charge is -2.21. The smallest absolute Gasteiger partial charge is 0.249 e. The van der Waals surface area contributed by atoms with Crippen molar-refractivity contribution in [2.24, 2.45) is 11.7 Å². The summed E-state index contributed by atoms with van der Waals surface area (Å²) < 4.78 is 11.2. The van der Waals surface area contributed by atoms with Crippen LogP contribution in [-0.4, -0.2) is 43.9 Å². The Morgan fingerprint density at radius 3 is 2.74 bits per heavy atom. The Morgan fingerprint density at radius 2 is 2.21 bits per heavy atom. The van der Waals surface area contributed by atoms with E-state index in [9.17, 15) is 4.79 Å². The van der Waals surface area contributed by atoms with Crippen LogP contribution < -0.4 is 11.1 Å². The van der Waals surface area contributed by atoms with Gasteiger partial charge in [0.2, 0.25) is 5.91 Å². The SMILES string of the molecule is CCOC(CCNC(=O)[C@@H]1CC[C@H](CN)O1)C(C)C. The van der Waals surface area contributed by atoms with Gasteiger partial charge in [-0.15, -0.1) is 0 Å². The van der Waals surface area contributed by atoms with E-state index in [0.717, 1.165) is 19.3 Å². The van der Waals surface area contributed by atoms with Crippen molar-refractivity contribution in [2.75, 3.05) is 19.7 Å². The van der Waals surface area contributed by atoms with Gasteiger partial charge in [0.1, 0.15) is 6.10 Å². The molecule has 1 aliphatic rings. The first kappa shape index (κ1) is 16.4. The van der Waals surface area contributed by atoms with Gasteiger partial charge in [-0.1, -0.05) is 13.8 Å². The lowest BCUT2D eigenvalue weighted by Crippen LogP contribution is -2.37. The molecule has 0 saturated carbocycles. The third-order valence-corrected chi connectivity index (χ3v) is 3.52. The number of hydrogen-bond donors (Lipinski definition) is 2. The van der Waals surface area contributed by atoms with E-state index in [0.29, 0.717) is 25.6 Å². The van der Waals surface area contributed by atoms with Crippen molar-refractivity contribution in [3.8, 4) is 0 Å². The zero-order valence-corrected chi connectivity index (χ0v) is 12.4. The lowest BCUT2D eigenvalue weighted by molar-refractivity contribution is -0.132. The molecule has 5 nitrogen and oxygen atoms in total. The number of nitrogens with one attached hydrogen (secondary N) is 1. The Balaban J connectivity index is 2.23. The van der Waals surface area contributed by atoms with Gasteiger partial charge < -0.3 is 20.5 Å². The van der Waals surface area contributed by atoms with E-state index >= 15 is 0 Å². The average molecular weight is 272 g/mol. The van der Waals surface area contributed by atoms with Gasteiger partial charge in [0.25, 0.3) is 0 Å². The molecule has 19 heavy (non-hydrogen) atoms. The summed E-state index contributed by atoms with van der Waals surface area (Å²) in [4.78, 5) is 11.9. The lowest BCUT2D eigenvalue weighted by atomic mass is 10.0. The fraction of sp³-hybridized carbons (Fsp3) is 0.929. The van der Waals surface area contributed by atoms with Crippen molar-refractivity contribution in [1.29, 1.82) is 0 Å². The second kappa shape index (κ2) is 8.51. The van der Waals surface area contributed by atoms with Crippen LogP contribution in [0.2, 0.25) is 0 Å². The van der Waals surface area contributed by atoms with Gasteiger partial charge in [0, 0.05) is 19.7 Å². The van der Waals surface area contributed by atoms with E-state index in [1.807, 2.05) is 6.92 Å². The molecule has 1 heterocycles. The molecule has 5 heteroatoms. The number of nitrogens with two attached hydrogens (primary N) is 1. The maximum absolute atomic E-state index is 11.9. The number of amides is 1. The minimum absolute atomic E-state index is 0.0186. The van der Waals surface area contributed by atoms with Crippen LogP contribution in [0.5, 0.6) is 0 Å². The van der Waals surface area contributed by atoms with Crippen molar-refractivity contribution in [2.45, 2.75) is 58.3 Å². The van der Waals surface area contributed by atoms with Crippen LogP contribution >= 0.6 is 0 Å². The summed E-state index contributed by atoms with van der Waals surface area (Å²) in [6, 6.07) is 0. The number of carbonyl (C=O) groups is 1. The highest BCUT2D eigenvalue weighted by molar-refractivity contribution is 5.80. The molecule has 3 atom stereocenters. The van der Waals surface area contributed by atoms with Crippen molar-refractivity contribution in [3.05, 3.63) is 0 Å². The summed E-state index contributed by atoms with van der Waals surface area (Å²) in [7, 11) is 0. The van der Waals surface area contributed by atoms with Crippen LogP contribution in [0.25, 0.3) is 0 Å². The molecule has 0 spiro atoms. The Labute approximate surface area is 116 Å². The predicted molar refractivity (Wildman–Crippen MR) is 74.8 cm³/mol. The van der Waals surface area contributed by atoms with Crippen LogP contribution in [0.4, 0.5) is 0 Å². The largest absolute Gasteiger partial charge is 0.378 e. The molecule has 0 aromatic rings. The van der Waals surface area contributed by atoms with Crippen molar-refractivity contribution in [3.63, 3.8) is 0 Å². The molecule has 1 amide bonds. The number of hydrogen-bond acceptors (Lipinski definition) is 4. The Hall–Kier alpha value is -0.650. The third-order valence-electron chi connectivity index (χ3n) is 3.52. The van der Waals surface area contributed by atoms with Gasteiger partial charge in [0.05, 0.1) is 12.2 Å². The van der Waals surface area contributed by atoms with Gasteiger partial charge in [0.15, 0.2) is 0 Å². The molecule has 0 aromatic carbocycles. The van der Waals surface area contributed by atoms with Crippen molar-refractivity contribution in [1.82, 2.24) is 5.32 Å². The minimum Gasteiger partial charge on any atom is -0.378 e. The van der Waals surface area contributed by atoms with Gasteiger partial charge in [-0.2, -0.15) is 0 Å². The van der Waals surface area contributed by atoms with Crippen molar-refractivity contribution < 1.29 is 14.3 Å². The van der Waals surface area contributed by atoms with E-state index in [4.69, 9.17) is 15.2 Å². The topological polar surface area (TPSA) is 73.6 Å². The molecule has 1 unspecified atom stereocenters. The highest BCUT2D eigenvalue weighted by Crippen LogP contribution is 2.19. The highest BCUT2D eigenvalue weighted by Gasteiger charge is 2.29. The first-order valence-electron chi connectivity index (χ1n) is 7.33. The molecule has 0 aromatic heterocycles.